The molecule has 3 nitrogen and oxygen atoms in total. The normalized spacial score (nSPS) is 31.8. The van der Waals surface area contributed by atoms with Crippen LogP contribution in [0.1, 0.15) is 61.6 Å². The summed E-state index contributed by atoms with van der Waals surface area (Å²) in [5.74, 6) is 2.48. The van der Waals surface area contributed by atoms with Gasteiger partial charge >= 0.3 is 0 Å². The van der Waals surface area contributed by atoms with Crippen molar-refractivity contribution in [1.29, 1.82) is 0 Å². The fourth-order valence-corrected chi connectivity index (χ4v) is 6.38. The number of benzene rings is 2. The van der Waals surface area contributed by atoms with Gasteiger partial charge in [0.25, 0.3) is 0 Å². The van der Waals surface area contributed by atoms with E-state index in [0.717, 1.165) is 18.8 Å². The number of aryl methyl sites for hydroxylation is 1. The number of fused-ring (bicyclic) bond motifs is 5. The fourth-order valence-electron chi connectivity index (χ4n) is 6.38. The molecular formula is C27H30N2O. The highest BCUT2D eigenvalue weighted by Crippen LogP contribution is 2.60. The molecule has 4 atom stereocenters. The van der Waals surface area contributed by atoms with E-state index in [2.05, 4.69) is 36.3 Å². The van der Waals surface area contributed by atoms with Gasteiger partial charge in [-0.05, 0) is 91.2 Å². The predicted molar refractivity (Wildman–Crippen MR) is 124 cm³/mol. The molecule has 30 heavy (non-hydrogen) atoms. The quantitative estimate of drug-likeness (QED) is 0.472. The van der Waals surface area contributed by atoms with Crippen molar-refractivity contribution in [3.63, 3.8) is 0 Å². The van der Waals surface area contributed by atoms with Crippen molar-refractivity contribution in [2.24, 2.45) is 27.5 Å². The van der Waals surface area contributed by atoms with Crippen LogP contribution in [0.5, 0.6) is 5.75 Å². The average molecular weight is 399 g/mol. The predicted octanol–water partition coefficient (Wildman–Crippen LogP) is 6.39. The molecule has 0 bridgehead atoms. The average Bonchev–Trinajstić information content (AvgIpc) is 3.10. The summed E-state index contributed by atoms with van der Waals surface area (Å²) in [6.07, 6.45) is 12.9. The first-order valence-corrected chi connectivity index (χ1v) is 11.3. The molecule has 0 heterocycles. The fraction of sp³-hybridized carbons (Fsp3) is 0.407. The minimum absolute atomic E-state index is 0.191. The zero-order valence-electron chi connectivity index (χ0n) is 17.7. The topological polar surface area (TPSA) is 45.0 Å². The van der Waals surface area contributed by atoms with E-state index >= 15 is 0 Å². The molecule has 0 amide bonds. The van der Waals surface area contributed by atoms with Gasteiger partial charge in [-0.3, -0.25) is 0 Å². The van der Waals surface area contributed by atoms with Crippen molar-refractivity contribution < 1.29 is 5.11 Å². The zero-order valence-corrected chi connectivity index (χ0v) is 17.7. The molecule has 3 aliphatic rings. The second-order valence-electron chi connectivity index (χ2n) is 9.37. The summed E-state index contributed by atoms with van der Waals surface area (Å²) < 4.78 is 0. The van der Waals surface area contributed by atoms with Crippen molar-refractivity contribution >= 4 is 18.0 Å². The Kier molecular flexibility index (Phi) is 5.06. The largest absolute Gasteiger partial charge is 0.508 e. The number of nitrogens with zero attached hydrogens (tertiary/aromatic N) is 2. The van der Waals surface area contributed by atoms with Crippen LogP contribution in [0.25, 0.3) is 6.08 Å². The first kappa shape index (κ1) is 19.3. The summed E-state index contributed by atoms with van der Waals surface area (Å²) in [4.78, 5) is 0. The lowest BCUT2D eigenvalue weighted by Crippen LogP contribution is -2.42. The smallest absolute Gasteiger partial charge is 0.115 e. The minimum atomic E-state index is 0.191. The van der Waals surface area contributed by atoms with E-state index in [1.165, 1.54) is 48.1 Å². The molecule has 2 fully saturated rings. The van der Waals surface area contributed by atoms with Gasteiger partial charge in [0, 0.05) is 17.3 Å². The lowest BCUT2D eigenvalue weighted by atomic mass is 9.55. The van der Waals surface area contributed by atoms with Gasteiger partial charge in [0.05, 0.1) is 0 Å². The maximum Gasteiger partial charge on any atom is 0.115 e. The van der Waals surface area contributed by atoms with Crippen LogP contribution in [0.4, 0.5) is 0 Å². The third kappa shape index (κ3) is 3.40. The molecule has 4 unspecified atom stereocenters. The van der Waals surface area contributed by atoms with Crippen LogP contribution in [0.15, 0.2) is 64.8 Å². The van der Waals surface area contributed by atoms with Gasteiger partial charge in [-0.15, -0.1) is 0 Å². The molecule has 0 radical (unpaired) electrons. The third-order valence-electron chi connectivity index (χ3n) is 7.87. The highest BCUT2D eigenvalue weighted by atomic mass is 16.3. The Morgan fingerprint density at radius 2 is 1.90 bits per heavy atom. The molecule has 0 spiro atoms. The lowest BCUT2D eigenvalue weighted by Gasteiger charge is -2.49. The molecule has 5 rings (SSSR count). The van der Waals surface area contributed by atoms with Crippen molar-refractivity contribution in [2.75, 3.05) is 0 Å². The molecule has 3 aliphatic carbocycles. The van der Waals surface area contributed by atoms with Gasteiger partial charge in [0.1, 0.15) is 5.75 Å². The van der Waals surface area contributed by atoms with Crippen LogP contribution in [-0.4, -0.2) is 17.0 Å². The molecule has 2 aromatic carbocycles. The Balaban J connectivity index is 1.32. The van der Waals surface area contributed by atoms with E-state index in [9.17, 15) is 5.11 Å². The number of hydrogen-bond acceptors (Lipinski definition) is 3. The highest BCUT2D eigenvalue weighted by molar-refractivity contribution is 5.93. The number of hydrogen-bond donors (Lipinski definition) is 1. The van der Waals surface area contributed by atoms with E-state index in [1.807, 2.05) is 42.6 Å². The molecule has 1 N–H and O–H groups in total. The molecule has 3 heteroatoms. The molecule has 0 aliphatic heterocycles. The number of rotatable bonds is 3. The molecule has 2 saturated carbocycles. The number of phenolic OH excluding ortho intramolecular Hbond substituents is 1. The Hall–Kier alpha value is -2.68. The summed E-state index contributed by atoms with van der Waals surface area (Å²) in [7, 11) is 0. The first-order valence-electron chi connectivity index (χ1n) is 11.3. The van der Waals surface area contributed by atoms with Crippen molar-refractivity contribution in [3.05, 3.63) is 71.3 Å². The molecule has 0 aromatic heterocycles. The lowest BCUT2D eigenvalue weighted by molar-refractivity contribution is 0.0955. The van der Waals surface area contributed by atoms with Crippen LogP contribution >= 0.6 is 0 Å². The zero-order chi connectivity index (χ0) is 20.6. The molecule has 154 valence electrons. The van der Waals surface area contributed by atoms with Crippen LogP contribution in [0.3, 0.4) is 0 Å². The van der Waals surface area contributed by atoms with Gasteiger partial charge in [-0.1, -0.05) is 49.4 Å². The van der Waals surface area contributed by atoms with Crippen LogP contribution in [-0.2, 0) is 6.42 Å². The summed E-state index contributed by atoms with van der Waals surface area (Å²) in [6.45, 7) is 2.43. The first-order chi connectivity index (χ1) is 14.6. The van der Waals surface area contributed by atoms with Crippen LogP contribution in [0, 0.1) is 17.3 Å². The van der Waals surface area contributed by atoms with Crippen LogP contribution < -0.4 is 0 Å². The third-order valence-corrected chi connectivity index (χ3v) is 7.87. The van der Waals surface area contributed by atoms with E-state index < -0.39 is 0 Å². The summed E-state index contributed by atoms with van der Waals surface area (Å²) >= 11 is 0. The van der Waals surface area contributed by atoms with Crippen molar-refractivity contribution in [3.8, 4) is 5.75 Å². The van der Waals surface area contributed by atoms with Crippen molar-refractivity contribution in [1.82, 2.24) is 0 Å². The summed E-state index contributed by atoms with van der Waals surface area (Å²) in [6, 6.07) is 16.3. The SMILES string of the molecule is CC12CCC3c4ccc(O)cc4CCC3C1CC\C2=N/N=C/C=C/c1ccccc1. The van der Waals surface area contributed by atoms with Gasteiger partial charge in [0.15, 0.2) is 0 Å². The minimum Gasteiger partial charge on any atom is -0.508 e. The van der Waals surface area contributed by atoms with E-state index in [-0.39, 0.29) is 5.41 Å². The Morgan fingerprint density at radius 1 is 1.03 bits per heavy atom. The van der Waals surface area contributed by atoms with Gasteiger partial charge in [0.2, 0.25) is 0 Å². The number of phenols is 1. The standard InChI is InChI=1S/C27H30N2O/c1-27-16-15-23-22-12-10-21(30)18-20(22)9-11-24(23)25(27)13-14-26(27)29-28-17-5-8-19-6-3-2-4-7-19/h2-8,10,12,17-18,23-25,30H,9,11,13-16H2,1H3/b8-5+,28-17+,29-26+. The molecular weight excluding hydrogens is 368 g/mol. The summed E-state index contributed by atoms with van der Waals surface area (Å²) in [5.41, 5.74) is 5.51. The monoisotopic (exact) mass is 398 g/mol. The van der Waals surface area contributed by atoms with E-state index in [1.54, 1.807) is 0 Å². The summed E-state index contributed by atoms with van der Waals surface area (Å²) in [5, 5.41) is 19.0. The second kappa shape index (κ2) is 7.86. The van der Waals surface area contributed by atoms with Crippen LogP contribution in [0.2, 0.25) is 0 Å². The highest BCUT2D eigenvalue weighted by Gasteiger charge is 2.53. The second-order valence-corrected chi connectivity index (χ2v) is 9.37. The molecule has 0 saturated heterocycles. The van der Waals surface area contributed by atoms with Gasteiger partial charge in [-0.2, -0.15) is 10.2 Å². The maximum absolute atomic E-state index is 9.86. The van der Waals surface area contributed by atoms with Gasteiger partial charge in [-0.25, -0.2) is 0 Å². The van der Waals surface area contributed by atoms with E-state index in [4.69, 9.17) is 5.10 Å². The van der Waals surface area contributed by atoms with E-state index in [0.29, 0.717) is 17.6 Å². The number of allylic oxidation sites excluding steroid dienone is 1. The molecule has 2 aromatic rings. The Morgan fingerprint density at radius 3 is 2.77 bits per heavy atom. The maximum atomic E-state index is 9.86. The van der Waals surface area contributed by atoms with Crippen molar-refractivity contribution in [2.45, 2.75) is 51.4 Å². The number of aromatic hydroxyl groups is 1. The van der Waals surface area contributed by atoms with Gasteiger partial charge < -0.3 is 5.11 Å². The Bertz CT molecular complexity index is 1010. The Labute approximate surface area is 179 Å².